The van der Waals surface area contributed by atoms with E-state index in [1.165, 1.54) is 5.01 Å². The highest BCUT2D eigenvalue weighted by Gasteiger charge is 2.60. The molecule has 4 N–H and O–H groups in total. The van der Waals surface area contributed by atoms with Gasteiger partial charge in [-0.1, -0.05) is 39.8 Å². The maximum atomic E-state index is 14.7. The van der Waals surface area contributed by atoms with Crippen molar-refractivity contribution < 1.29 is 33.8 Å². The van der Waals surface area contributed by atoms with Gasteiger partial charge in [-0.25, -0.2) is 5.43 Å². The number of likely N-dealkylation sites (N-methyl/N-ethyl adjacent to an activating group) is 1. The average molecular weight is 876 g/mol. The molecule has 3 aliphatic heterocycles. The van der Waals surface area contributed by atoms with Crippen LogP contribution in [0.3, 0.4) is 0 Å². The highest BCUT2D eigenvalue weighted by molar-refractivity contribution is 5.96. The second-order valence-corrected chi connectivity index (χ2v) is 19.7. The van der Waals surface area contributed by atoms with Gasteiger partial charge in [0.2, 0.25) is 11.8 Å². The predicted molar refractivity (Wildman–Crippen MR) is 245 cm³/mol. The Labute approximate surface area is 376 Å². The van der Waals surface area contributed by atoms with Crippen molar-refractivity contribution in [1.82, 2.24) is 35.5 Å². The quantitative estimate of drug-likeness (QED) is 0.148. The lowest BCUT2D eigenvalue weighted by Crippen LogP contribution is -2.62. The molecule has 2 unspecified atom stereocenters. The van der Waals surface area contributed by atoms with Gasteiger partial charge in [0.05, 0.1) is 24.1 Å². The van der Waals surface area contributed by atoms with Crippen molar-refractivity contribution in [3.05, 3.63) is 71.5 Å². The predicted octanol–water partition coefficient (Wildman–Crippen LogP) is 5.93. The lowest BCUT2D eigenvalue weighted by molar-refractivity contribution is -0.155. The van der Waals surface area contributed by atoms with Crippen molar-refractivity contribution in [2.45, 2.75) is 111 Å². The van der Waals surface area contributed by atoms with Gasteiger partial charge in [0.1, 0.15) is 23.9 Å². The fraction of sp³-hybridized carbons (Fsp3) is 0.540. The fourth-order valence-corrected chi connectivity index (χ4v) is 10.6. The van der Waals surface area contributed by atoms with Crippen molar-refractivity contribution in [2.24, 2.45) is 22.7 Å². The van der Waals surface area contributed by atoms with E-state index in [1.54, 1.807) is 37.4 Å². The third kappa shape index (κ3) is 8.76. The summed E-state index contributed by atoms with van der Waals surface area (Å²) < 4.78 is 14.2. The summed E-state index contributed by atoms with van der Waals surface area (Å²) in [4.78, 5) is 63.4. The maximum absolute atomic E-state index is 14.7. The summed E-state index contributed by atoms with van der Waals surface area (Å²) >= 11 is 0. The van der Waals surface area contributed by atoms with Gasteiger partial charge in [-0.3, -0.25) is 29.2 Å². The number of hydrogen-bond donors (Lipinski definition) is 4. The second kappa shape index (κ2) is 17.9. The number of amides is 3. The van der Waals surface area contributed by atoms with Crippen molar-refractivity contribution >= 4 is 34.6 Å². The highest BCUT2D eigenvalue weighted by atomic mass is 16.5. The normalized spacial score (nSPS) is 24.3. The zero-order valence-corrected chi connectivity index (χ0v) is 38.6. The number of rotatable bonds is 9. The summed E-state index contributed by atoms with van der Waals surface area (Å²) in [5, 5.41) is 20.2. The van der Waals surface area contributed by atoms with Crippen LogP contribution in [0.1, 0.15) is 90.2 Å². The Morgan fingerprint density at radius 3 is 2.62 bits per heavy atom. The van der Waals surface area contributed by atoms with Gasteiger partial charge < -0.3 is 34.7 Å². The molecule has 6 bridgehead atoms. The van der Waals surface area contributed by atoms with Crippen molar-refractivity contribution in [2.75, 3.05) is 40.4 Å². The van der Waals surface area contributed by atoms with Gasteiger partial charge in [-0.2, -0.15) is 0 Å². The number of benzene rings is 2. The number of esters is 1. The molecule has 3 amide bonds. The molecule has 0 radical (unpaired) electrons. The number of phenolic OH excluding ortho intramolecular Hbond substituents is 1. The maximum Gasteiger partial charge on any atom is 0.324 e. The number of nitrogens with zero attached hydrogens (tertiary/aromatic N) is 4. The first-order chi connectivity index (χ1) is 30.5. The number of aryl methyl sites for hydroxylation is 1. The molecule has 1 saturated carbocycles. The Morgan fingerprint density at radius 2 is 1.91 bits per heavy atom. The van der Waals surface area contributed by atoms with Crippen LogP contribution in [0.2, 0.25) is 0 Å². The molecule has 342 valence electrons. The van der Waals surface area contributed by atoms with Crippen molar-refractivity contribution in [1.29, 1.82) is 0 Å². The number of pyridine rings is 1. The number of aromatic hydroxyl groups is 1. The Balaban J connectivity index is 1.21. The molecule has 5 heterocycles. The topological polar surface area (TPSA) is 167 Å². The Bertz CT molecular complexity index is 2440. The van der Waals surface area contributed by atoms with Crippen LogP contribution in [-0.4, -0.2) is 107 Å². The number of nitrogens with one attached hydrogen (secondary N) is 3. The largest absolute Gasteiger partial charge is 0.508 e. The van der Waals surface area contributed by atoms with Crippen LogP contribution in [-0.2, 0) is 48.0 Å². The standard InChI is InChI=1S/C50H65N7O7/c1-9-56-41-15-14-32-24-36(41)37(44(56)35-12-10-17-52-42(35)30(4)63-8)25-49(5,6)28-64-48(62)39-13-11-19-57(54-39)47(61)40(22-31-20-33(32)23-34(58)21-31)53-45(59)43(29(2)3)55(7)46(60)38-26-50(38)16-18-51-27-50/h10,12,14-15,17,20-21,23-24,29-30,38-40,43,51,54,58H,9,11,13,16,18-19,22,25-28H2,1-8H3,(H,53,59)/t30-,38?,39-,40-,43-,50?/m0/s1. The molecule has 3 fully saturated rings. The fourth-order valence-electron chi connectivity index (χ4n) is 10.6. The van der Waals surface area contributed by atoms with E-state index in [9.17, 15) is 24.3 Å². The number of phenols is 1. The molecule has 14 nitrogen and oxygen atoms in total. The van der Waals surface area contributed by atoms with Gasteiger partial charge in [0.25, 0.3) is 5.91 Å². The van der Waals surface area contributed by atoms with Gasteiger partial charge in [0.15, 0.2) is 0 Å². The van der Waals surface area contributed by atoms with Gasteiger partial charge in [-0.05, 0) is 122 Å². The summed E-state index contributed by atoms with van der Waals surface area (Å²) in [7, 11) is 3.37. The third-order valence-electron chi connectivity index (χ3n) is 14.1. The molecule has 6 atom stereocenters. The summed E-state index contributed by atoms with van der Waals surface area (Å²) in [5.74, 6) is -1.75. The van der Waals surface area contributed by atoms with Crippen LogP contribution in [0.4, 0.5) is 0 Å². The number of cyclic esters (lactones) is 1. The van der Waals surface area contributed by atoms with Crippen molar-refractivity contribution in [3.63, 3.8) is 0 Å². The molecule has 2 aromatic carbocycles. The number of fused-ring (bicyclic) bond motifs is 6. The minimum Gasteiger partial charge on any atom is -0.508 e. The molecule has 4 aliphatic rings. The van der Waals surface area contributed by atoms with Gasteiger partial charge in [-0.15, -0.1) is 0 Å². The minimum absolute atomic E-state index is 0.0188. The summed E-state index contributed by atoms with van der Waals surface area (Å²) in [6.07, 6.45) is 4.86. The molecule has 2 saturated heterocycles. The lowest BCUT2D eigenvalue weighted by Gasteiger charge is -2.37. The summed E-state index contributed by atoms with van der Waals surface area (Å²) in [6.45, 7) is 14.9. The molecule has 4 aromatic rings. The Hall–Kier alpha value is -5.31. The van der Waals surface area contributed by atoms with E-state index < -0.39 is 41.3 Å². The molecule has 64 heavy (non-hydrogen) atoms. The van der Waals surface area contributed by atoms with Gasteiger partial charge in [0, 0.05) is 74.2 Å². The molecule has 8 rings (SSSR count). The third-order valence-corrected chi connectivity index (χ3v) is 14.1. The lowest BCUT2D eigenvalue weighted by atomic mass is 9.84. The first-order valence-electron chi connectivity index (χ1n) is 23.0. The van der Waals surface area contributed by atoms with Crippen LogP contribution in [0.15, 0.2) is 54.7 Å². The number of hydrogen-bond acceptors (Lipinski definition) is 10. The van der Waals surface area contributed by atoms with E-state index in [-0.39, 0.29) is 48.0 Å². The number of ether oxygens (including phenoxy) is 2. The summed E-state index contributed by atoms with van der Waals surface area (Å²) in [6, 6.07) is 12.9. The van der Waals surface area contributed by atoms with Crippen molar-refractivity contribution in [3.8, 4) is 28.1 Å². The van der Waals surface area contributed by atoms with Gasteiger partial charge >= 0.3 is 5.97 Å². The van der Waals surface area contributed by atoms with E-state index in [0.29, 0.717) is 37.9 Å². The number of methoxy groups -OCH3 is 1. The Kier molecular flexibility index (Phi) is 12.7. The van der Waals surface area contributed by atoms with Crippen LogP contribution in [0, 0.1) is 22.7 Å². The smallest absolute Gasteiger partial charge is 0.324 e. The van der Waals surface area contributed by atoms with E-state index in [0.717, 1.165) is 70.5 Å². The first-order valence-corrected chi connectivity index (χ1v) is 23.0. The number of carbonyl (C=O) groups excluding carboxylic acids is 4. The first kappa shape index (κ1) is 45.3. The monoisotopic (exact) mass is 875 g/mol. The van der Waals surface area contributed by atoms with E-state index in [1.807, 2.05) is 39.0 Å². The van der Waals surface area contributed by atoms with Crippen LogP contribution < -0.4 is 16.1 Å². The molecular formula is C50H65N7O7. The SMILES string of the molecule is CCn1c(-c2cccnc2[C@H](C)OC)c2c3cc(ccc31)-c1cc(O)cc(c1)C[C@H](NC(=O)[C@H](C(C)C)N(C)C(=O)C1CC13CCNC3)C(=O)N1CCC[C@H](N1)C(=O)OCC(C)(C)C2. The molecular weight excluding hydrogens is 811 g/mol. The molecule has 2 aromatic heterocycles. The zero-order valence-electron chi connectivity index (χ0n) is 38.6. The zero-order chi connectivity index (χ0) is 45.7. The van der Waals surface area contributed by atoms with E-state index >= 15 is 0 Å². The number of carbonyl (C=O) groups is 4. The second-order valence-electron chi connectivity index (χ2n) is 19.7. The molecule has 1 spiro atoms. The Morgan fingerprint density at radius 1 is 1.11 bits per heavy atom. The minimum atomic E-state index is -1.10. The van der Waals surface area contributed by atoms with Crippen LogP contribution in [0.25, 0.3) is 33.3 Å². The molecule has 1 aliphatic carbocycles. The summed E-state index contributed by atoms with van der Waals surface area (Å²) in [5.41, 5.74) is 9.72. The molecule has 14 heteroatoms. The van der Waals surface area contributed by atoms with E-state index in [4.69, 9.17) is 14.5 Å². The van der Waals surface area contributed by atoms with Crippen LogP contribution in [0.5, 0.6) is 5.75 Å². The van der Waals surface area contributed by atoms with E-state index in [2.05, 4.69) is 59.6 Å². The average Bonchev–Trinajstić information content (AvgIpc) is 3.62. The number of hydrazine groups is 1. The highest BCUT2D eigenvalue weighted by Crippen LogP contribution is 2.57. The van der Waals surface area contributed by atoms with Crippen LogP contribution >= 0.6 is 0 Å². The number of aromatic nitrogens is 2.